The number of fused-ring (bicyclic) bond motifs is 7. The average Bonchev–Trinajstić information content (AvgIpc) is 3.94. The van der Waals surface area contributed by atoms with Gasteiger partial charge in [-0.25, -0.2) is 0 Å². The Labute approximate surface area is 402 Å². The van der Waals surface area contributed by atoms with Gasteiger partial charge in [-0.15, -0.1) is 0 Å². The molecule has 11 aromatic carbocycles. The zero-order valence-electron chi connectivity index (χ0n) is 43.4. The van der Waals surface area contributed by atoms with E-state index in [1.54, 1.807) is 0 Å². The molecule has 1 nitrogen and oxygen atoms in total. The molecule has 11 aromatic rings. The Balaban J connectivity index is 1.07. The van der Waals surface area contributed by atoms with Crippen LogP contribution in [0.25, 0.3) is 44.2 Å². The minimum Gasteiger partial charge on any atom is -0.310 e. The molecular formula is C66H45N. The van der Waals surface area contributed by atoms with Gasteiger partial charge in [0.25, 0.3) is 0 Å². The first-order valence-electron chi connectivity index (χ1n) is 26.3. The van der Waals surface area contributed by atoms with Gasteiger partial charge >= 0.3 is 0 Å². The number of nitrogens with zero attached hydrogens (tertiary/aromatic N) is 1. The van der Waals surface area contributed by atoms with E-state index in [4.69, 9.17) is 6.85 Å². The highest BCUT2D eigenvalue weighted by molar-refractivity contribution is 5.93. The maximum absolute atomic E-state index is 9.38. The SMILES string of the molecule is [2H]c1c([2H])c([2H])c2c([2H])c(-c3ccc(N(c4ccc5c(c4)C(c4ccccc4)(c4ccccc4)c4ccccc4-5)c4ccc5c(c4)C(c4ccccc4)(c4ccccc4)c4ccccc4-5)cc3)c([2H])c([2H])c2c1[2H]. The lowest BCUT2D eigenvalue weighted by atomic mass is 9.67. The summed E-state index contributed by atoms with van der Waals surface area (Å²) in [7, 11) is 0. The fourth-order valence-corrected chi connectivity index (χ4v) is 11.3. The summed E-state index contributed by atoms with van der Waals surface area (Å²) in [5.74, 6) is 0. The first-order valence-corrected chi connectivity index (χ1v) is 22.8. The molecule has 0 atom stereocenters. The highest BCUT2D eigenvalue weighted by Crippen LogP contribution is 2.59. The molecule has 0 amide bonds. The van der Waals surface area contributed by atoms with E-state index in [1.165, 1.54) is 22.3 Å². The zero-order valence-corrected chi connectivity index (χ0v) is 36.4. The summed E-state index contributed by atoms with van der Waals surface area (Å²) in [4.78, 5) is 2.29. The first-order chi connectivity index (χ1) is 36.1. The third kappa shape index (κ3) is 5.88. The molecule has 0 saturated heterocycles. The summed E-state index contributed by atoms with van der Waals surface area (Å²) in [6.45, 7) is 0. The maximum Gasteiger partial charge on any atom is 0.0714 e. The van der Waals surface area contributed by atoms with Gasteiger partial charge in [0.05, 0.1) is 20.4 Å². The number of hydrogen-bond donors (Lipinski definition) is 0. The zero-order chi connectivity index (χ0) is 50.5. The van der Waals surface area contributed by atoms with Crippen LogP contribution >= 0.6 is 0 Å². The molecule has 1 heteroatoms. The largest absolute Gasteiger partial charge is 0.310 e. The Bertz CT molecular complexity index is 3770. The summed E-state index contributed by atoms with van der Waals surface area (Å²) in [6.07, 6.45) is 0. The molecule has 0 spiro atoms. The van der Waals surface area contributed by atoms with E-state index in [0.717, 1.165) is 61.6 Å². The van der Waals surface area contributed by atoms with Gasteiger partial charge in [0.2, 0.25) is 0 Å². The molecule has 2 aliphatic rings. The normalized spacial score (nSPS) is 15.1. The minimum atomic E-state index is -0.663. The molecule has 0 heterocycles. The number of benzene rings is 11. The molecule has 314 valence electrons. The van der Waals surface area contributed by atoms with Crippen molar-refractivity contribution in [1.82, 2.24) is 0 Å². The quantitative estimate of drug-likeness (QED) is 0.147. The summed E-state index contributed by atoms with van der Waals surface area (Å²) in [5, 5.41) is -0.198. The molecule has 0 saturated carbocycles. The van der Waals surface area contributed by atoms with Crippen LogP contribution in [0, 0.1) is 0 Å². The second-order valence-electron chi connectivity index (χ2n) is 17.4. The predicted octanol–water partition coefficient (Wildman–Crippen LogP) is 16.7. The van der Waals surface area contributed by atoms with E-state index in [-0.39, 0.29) is 34.5 Å². The van der Waals surface area contributed by atoms with Gasteiger partial charge in [0.15, 0.2) is 0 Å². The third-order valence-electron chi connectivity index (χ3n) is 14.1. The number of anilines is 3. The van der Waals surface area contributed by atoms with Crippen molar-refractivity contribution in [3.63, 3.8) is 0 Å². The highest BCUT2D eigenvalue weighted by Gasteiger charge is 2.48. The van der Waals surface area contributed by atoms with E-state index in [9.17, 15) is 2.74 Å². The van der Waals surface area contributed by atoms with Crippen LogP contribution < -0.4 is 4.90 Å². The van der Waals surface area contributed by atoms with E-state index < -0.39 is 35.0 Å². The molecule has 0 fully saturated rings. The fourth-order valence-electron chi connectivity index (χ4n) is 11.3. The summed E-state index contributed by atoms with van der Waals surface area (Å²) < 4.78 is 61.7. The van der Waals surface area contributed by atoms with Crippen LogP contribution in [-0.2, 0) is 10.8 Å². The monoisotopic (exact) mass is 858 g/mol. The van der Waals surface area contributed by atoms with Crippen LogP contribution in [0.15, 0.2) is 273 Å². The molecule has 0 unspecified atom stereocenters. The van der Waals surface area contributed by atoms with Crippen molar-refractivity contribution in [2.45, 2.75) is 10.8 Å². The van der Waals surface area contributed by atoms with Crippen molar-refractivity contribution >= 4 is 27.8 Å². The first kappa shape index (κ1) is 32.2. The van der Waals surface area contributed by atoms with Gasteiger partial charge in [-0.1, -0.05) is 230 Å². The Kier molecular flexibility index (Phi) is 7.49. The van der Waals surface area contributed by atoms with E-state index in [2.05, 4.69) is 211 Å². The second kappa shape index (κ2) is 15.6. The smallest absolute Gasteiger partial charge is 0.0714 e. The average molecular weight is 859 g/mol. The van der Waals surface area contributed by atoms with Crippen molar-refractivity contribution < 1.29 is 9.60 Å². The summed E-state index contributed by atoms with van der Waals surface area (Å²) in [5.41, 5.74) is 15.9. The molecule has 67 heavy (non-hydrogen) atoms. The van der Waals surface area contributed by atoms with Crippen LogP contribution in [0.4, 0.5) is 17.1 Å². The van der Waals surface area contributed by atoms with Gasteiger partial charge in [0.1, 0.15) is 0 Å². The van der Waals surface area contributed by atoms with Gasteiger partial charge in [-0.05, 0) is 131 Å². The minimum absolute atomic E-state index is 0.0726. The summed E-state index contributed by atoms with van der Waals surface area (Å²) >= 11 is 0. The highest BCUT2D eigenvalue weighted by atomic mass is 15.1. The predicted molar refractivity (Wildman–Crippen MR) is 279 cm³/mol. The molecular weight excluding hydrogens is 807 g/mol. The lowest BCUT2D eigenvalue weighted by molar-refractivity contribution is 0.767. The molecule has 0 aromatic heterocycles. The Hall–Kier alpha value is -8.52. The van der Waals surface area contributed by atoms with E-state index >= 15 is 0 Å². The molecule has 0 aliphatic heterocycles. The maximum atomic E-state index is 9.38. The Morgan fingerprint density at radius 2 is 0.687 bits per heavy atom. The van der Waals surface area contributed by atoms with Gasteiger partial charge < -0.3 is 4.90 Å². The van der Waals surface area contributed by atoms with Crippen LogP contribution in [0.5, 0.6) is 0 Å². The van der Waals surface area contributed by atoms with Crippen molar-refractivity contribution in [3.05, 3.63) is 317 Å². The lowest BCUT2D eigenvalue weighted by Gasteiger charge is -2.36. The van der Waals surface area contributed by atoms with Crippen molar-refractivity contribution in [1.29, 1.82) is 0 Å². The Morgan fingerprint density at radius 1 is 0.299 bits per heavy atom. The summed E-state index contributed by atoms with van der Waals surface area (Å²) in [6, 6.07) is 79.2. The Morgan fingerprint density at radius 3 is 1.15 bits per heavy atom. The van der Waals surface area contributed by atoms with E-state index in [0.29, 0.717) is 5.56 Å². The molecule has 0 N–H and O–H groups in total. The second-order valence-corrected chi connectivity index (χ2v) is 17.4. The van der Waals surface area contributed by atoms with Crippen molar-refractivity contribution in [2.24, 2.45) is 0 Å². The van der Waals surface area contributed by atoms with E-state index in [1.807, 2.05) is 24.3 Å². The molecule has 0 radical (unpaired) electrons. The molecule has 13 rings (SSSR count). The standard InChI is InChI=1S/C66H45N/c1-5-21-50(22-6-1)65(51-23-7-2-8-24-51)61-31-17-15-29-57(61)59-41-39-55(44-63(59)65)67(54-37-35-47(36-38-54)49-34-33-46-19-13-14-20-48(46)43-49)56-40-42-60-58-30-16-18-32-62(58)66(64(60)45-56,52-25-9-3-10-26-52)53-27-11-4-12-28-53/h1-45H/i13D,14D,19D,20D,33D,34D,43D. The van der Waals surface area contributed by atoms with Crippen LogP contribution in [0.2, 0.25) is 0 Å². The number of rotatable bonds is 8. The third-order valence-corrected chi connectivity index (χ3v) is 14.1. The molecule has 0 bridgehead atoms. The van der Waals surface area contributed by atoms with Crippen LogP contribution in [0.3, 0.4) is 0 Å². The van der Waals surface area contributed by atoms with Crippen LogP contribution in [0.1, 0.15) is 54.1 Å². The van der Waals surface area contributed by atoms with Gasteiger partial charge in [-0.2, -0.15) is 0 Å². The van der Waals surface area contributed by atoms with Gasteiger partial charge in [0, 0.05) is 17.1 Å². The number of hydrogen-bond acceptors (Lipinski definition) is 1. The van der Waals surface area contributed by atoms with Crippen LogP contribution in [-0.4, -0.2) is 0 Å². The fraction of sp³-hybridized carbons (Fsp3) is 0.0303. The van der Waals surface area contributed by atoms with Crippen molar-refractivity contribution in [2.75, 3.05) is 4.90 Å². The lowest BCUT2D eigenvalue weighted by Crippen LogP contribution is -2.29. The molecule has 2 aliphatic carbocycles. The topological polar surface area (TPSA) is 3.24 Å². The van der Waals surface area contributed by atoms with Gasteiger partial charge in [-0.3, -0.25) is 0 Å². The van der Waals surface area contributed by atoms with Crippen molar-refractivity contribution in [3.8, 4) is 33.4 Å².